The fourth-order valence-corrected chi connectivity index (χ4v) is 5.24. The van der Waals surface area contributed by atoms with Crippen molar-refractivity contribution in [2.45, 2.75) is 29.4 Å². The van der Waals surface area contributed by atoms with E-state index in [4.69, 9.17) is 4.74 Å². The number of alkyl halides is 6. The van der Waals surface area contributed by atoms with E-state index in [9.17, 15) is 39.9 Å². The van der Waals surface area contributed by atoms with E-state index in [0.29, 0.717) is 17.7 Å². The maximum Gasteiger partial charge on any atom is 0.416 e. The summed E-state index contributed by atoms with van der Waals surface area (Å²) in [6, 6.07) is 9.46. The molecule has 0 saturated heterocycles. The fraction of sp³-hybridized carbons (Fsp3) is 0.217. The highest BCUT2D eigenvalue weighted by Gasteiger charge is 2.40. The average Bonchev–Trinajstić information content (AvgIpc) is 2.74. The van der Waals surface area contributed by atoms with E-state index in [1.807, 2.05) is 0 Å². The van der Waals surface area contributed by atoms with Crippen LogP contribution in [0.1, 0.15) is 33.1 Å². The van der Waals surface area contributed by atoms with Crippen LogP contribution in [0.5, 0.6) is 11.5 Å². The van der Waals surface area contributed by atoms with E-state index in [-0.39, 0.29) is 16.7 Å². The van der Waals surface area contributed by atoms with E-state index < -0.39 is 55.4 Å². The molecule has 3 aromatic carbocycles. The number of sulfone groups is 1. The van der Waals surface area contributed by atoms with Crippen LogP contribution in [-0.4, -0.2) is 20.6 Å². The van der Waals surface area contributed by atoms with Gasteiger partial charge < -0.3 is 9.84 Å². The molecule has 0 fully saturated rings. The van der Waals surface area contributed by atoms with Gasteiger partial charge in [-0.05, 0) is 48.9 Å². The van der Waals surface area contributed by atoms with Crippen molar-refractivity contribution in [2.75, 3.05) is 7.11 Å². The quantitative estimate of drug-likeness (QED) is 0.414. The number of methoxy groups -OCH3 is 1. The summed E-state index contributed by atoms with van der Waals surface area (Å²) in [5.74, 6) is -0.929. The number of halogens is 6. The second-order valence-electron chi connectivity index (χ2n) is 7.48. The number of hydrogen-bond acceptors (Lipinski definition) is 4. The molecule has 34 heavy (non-hydrogen) atoms. The van der Waals surface area contributed by atoms with Crippen molar-refractivity contribution in [3.63, 3.8) is 0 Å². The lowest BCUT2D eigenvalue weighted by Crippen LogP contribution is -2.19. The molecule has 0 aliphatic rings. The summed E-state index contributed by atoms with van der Waals surface area (Å²) in [5, 5.41) is 8.50. The van der Waals surface area contributed by atoms with E-state index in [0.717, 1.165) is 13.2 Å². The smallest absolute Gasteiger partial charge is 0.416 e. The Morgan fingerprint density at radius 1 is 0.853 bits per heavy atom. The van der Waals surface area contributed by atoms with Crippen molar-refractivity contribution in [1.29, 1.82) is 0 Å². The second-order valence-corrected chi connectivity index (χ2v) is 9.51. The first-order chi connectivity index (χ1) is 15.7. The van der Waals surface area contributed by atoms with E-state index in [2.05, 4.69) is 0 Å². The molecule has 0 heterocycles. The summed E-state index contributed by atoms with van der Waals surface area (Å²) in [6.45, 7) is 1.67. The summed E-state index contributed by atoms with van der Waals surface area (Å²) in [6.07, 6.45) is -10.4. The van der Waals surface area contributed by atoms with Gasteiger partial charge in [-0.2, -0.15) is 26.3 Å². The summed E-state index contributed by atoms with van der Waals surface area (Å²) < 4.78 is 113. The molecule has 11 heteroatoms. The third-order valence-electron chi connectivity index (χ3n) is 5.11. The number of benzene rings is 3. The van der Waals surface area contributed by atoms with Gasteiger partial charge in [0.2, 0.25) is 0 Å². The van der Waals surface area contributed by atoms with Crippen LogP contribution in [0.25, 0.3) is 0 Å². The van der Waals surface area contributed by atoms with Crippen LogP contribution in [0.2, 0.25) is 0 Å². The van der Waals surface area contributed by atoms with Crippen LogP contribution in [0.15, 0.2) is 65.6 Å². The Balaban J connectivity index is 2.41. The SMILES string of the molecule is COc1cccc(C(c2cc(C(F)(F)F)cc(C(F)(F)F)c2)S(=O)(=O)c2ccc(C)cc2)c1O. The van der Waals surface area contributed by atoms with Gasteiger partial charge in [0.05, 0.1) is 23.1 Å². The van der Waals surface area contributed by atoms with Crippen molar-refractivity contribution in [1.82, 2.24) is 0 Å². The van der Waals surface area contributed by atoms with Crippen molar-refractivity contribution in [3.05, 3.63) is 88.5 Å². The number of ether oxygens (including phenoxy) is 1. The van der Waals surface area contributed by atoms with Crippen LogP contribution in [-0.2, 0) is 22.2 Å². The molecule has 1 N–H and O–H groups in total. The Bertz CT molecular complexity index is 1260. The minimum Gasteiger partial charge on any atom is -0.504 e. The molecule has 1 unspecified atom stereocenters. The van der Waals surface area contributed by atoms with Crippen LogP contribution in [0.4, 0.5) is 26.3 Å². The summed E-state index contributed by atoms with van der Waals surface area (Å²) in [7, 11) is -3.49. The number of para-hydroxylation sites is 1. The third kappa shape index (κ3) is 4.98. The highest BCUT2D eigenvalue weighted by molar-refractivity contribution is 7.92. The largest absolute Gasteiger partial charge is 0.504 e. The lowest BCUT2D eigenvalue weighted by molar-refractivity contribution is -0.143. The molecule has 1 atom stereocenters. The first kappa shape index (κ1) is 25.4. The minimum absolute atomic E-state index is 0.0928. The summed E-state index contributed by atoms with van der Waals surface area (Å²) >= 11 is 0. The fourth-order valence-electron chi connectivity index (χ4n) is 3.44. The molecule has 3 aromatic rings. The number of rotatable bonds is 5. The maximum absolute atomic E-state index is 13.6. The highest BCUT2D eigenvalue weighted by atomic mass is 32.2. The molecular weight excluding hydrogens is 486 g/mol. The number of aromatic hydroxyl groups is 1. The Morgan fingerprint density at radius 3 is 1.85 bits per heavy atom. The van der Waals surface area contributed by atoms with Gasteiger partial charge in [-0.15, -0.1) is 0 Å². The van der Waals surface area contributed by atoms with Crippen LogP contribution >= 0.6 is 0 Å². The summed E-state index contributed by atoms with van der Waals surface area (Å²) in [5.41, 5.74) is -3.93. The molecule has 0 spiro atoms. The molecule has 0 aliphatic carbocycles. The van der Waals surface area contributed by atoms with Crippen molar-refractivity contribution in [3.8, 4) is 11.5 Å². The molecular formula is C23H18F6O4S. The molecule has 0 radical (unpaired) electrons. The van der Waals surface area contributed by atoms with E-state index in [1.54, 1.807) is 6.92 Å². The highest BCUT2D eigenvalue weighted by Crippen LogP contribution is 2.45. The molecule has 4 nitrogen and oxygen atoms in total. The van der Waals surface area contributed by atoms with Gasteiger partial charge in [0, 0.05) is 5.56 Å². The zero-order chi connectivity index (χ0) is 25.5. The van der Waals surface area contributed by atoms with E-state index >= 15 is 0 Å². The Kier molecular flexibility index (Phi) is 6.62. The Morgan fingerprint density at radius 2 is 1.38 bits per heavy atom. The van der Waals surface area contributed by atoms with Crippen LogP contribution in [0.3, 0.4) is 0 Å². The normalized spacial score (nSPS) is 13.5. The lowest BCUT2D eigenvalue weighted by Gasteiger charge is -2.23. The van der Waals surface area contributed by atoms with Crippen LogP contribution in [0, 0.1) is 6.92 Å². The van der Waals surface area contributed by atoms with Gasteiger partial charge in [0.15, 0.2) is 21.3 Å². The third-order valence-corrected chi connectivity index (χ3v) is 7.18. The summed E-state index contributed by atoms with van der Waals surface area (Å²) in [4.78, 5) is -0.351. The molecule has 0 aromatic heterocycles. The van der Waals surface area contributed by atoms with Crippen molar-refractivity contribution in [2.24, 2.45) is 0 Å². The van der Waals surface area contributed by atoms with Gasteiger partial charge in [-0.25, -0.2) is 8.42 Å². The van der Waals surface area contributed by atoms with Crippen LogP contribution < -0.4 is 4.74 Å². The number of aryl methyl sites for hydroxylation is 1. The van der Waals surface area contributed by atoms with Crippen molar-refractivity contribution < 1.29 is 44.6 Å². The lowest BCUT2D eigenvalue weighted by atomic mass is 9.98. The zero-order valence-corrected chi connectivity index (χ0v) is 18.5. The van der Waals surface area contributed by atoms with E-state index in [1.165, 1.54) is 36.4 Å². The average molecular weight is 504 g/mol. The molecule has 0 saturated carbocycles. The Labute approximate surface area is 191 Å². The first-order valence-electron chi connectivity index (χ1n) is 9.62. The number of phenolic OH excluding ortho intramolecular Hbond substituents is 1. The topological polar surface area (TPSA) is 63.6 Å². The maximum atomic E-state index is 13.6. The molecule has 182 valence electrons. The van der Waals surface area contributed by atoms with Gasteiger partial charge >= 0.3 is 12.4 Å². The monoisotopic (exact) mass is 504 g/mol. The zero-order valence-electron chi connectivity index (χ0n) is 17.7. The molecule has 0 bridgehead atoms. The standard InChI is InChI=1S/C23H18F6O4S/c1-13-6-8-17(9-7-13)34(31,32)21(18-4-3-5-19(33-2)20(18)30)14-10-15(22(24,25)26)12-16(11-14)23(27,28)29/h3-12,21,30H,1-2H3. The van der Waals surface area contributed by atoms with Gasteiger partial charge in [-0.1, -0.05) is 29.8 Å². The number of phenols is 1. The van der Waals surface area contributed by atoms with Gasteiger partial charge in [0.1, 0.15) is 5.25 Å². The second kappa shape index (κ2) is 8.86. The predicted octanol–water partition coefficient (Wildman–Crippen LogP) is 6.31. The van der Waals surface area contributed by atoms with Gasteiger partial charge in [-0.3, -0.25) is 0 Å². The predicted molar refractivity (Wildman–Crippen MR) is 111 cm³/mol. The van der Waals surface area contributed by atoms with Gasteiger partial charge in [0.25, 0.3) is 0 Å². The first-order valence-corrected chi connectivity index (χ1v) is 11.2. The minimum atomic E-state index is -5.19. The Hall–Kier alpha value is -3.21. The number of hydrogen-bond donors (Lipinski definition) is 1. The van der Waals surface area contributed by atoms with Crippen molar-refractivity contribution >= 4 is 9.84 Å². The molecule has 0 aliphatic heterocycles. The molecule has 3 rings (SSSR count). The molecule has 0 amide bonds.